The predicted octanol–water partition coefficient (Wildman–Crippen LogP) is 3.64. The maximum absolute atomic E-state index is 12.4. The average Bonchev–Trinajstić information content (AvgIpc) is 2.77. The van der Waals surface area contributed by atoms with Gasteiger partial charge >= 0.3 is 6.18 Å². The largest absolute Gasteiger partial charge is 0.445 e. The number of nitrogens with zero attached hydrogens (tertiary/aromatic N) is 2. The van der Waals surface area contributed by atoms with Gasteiger partial charge in [0.2, 0.25) is 10.1 Å². The topological polar surface area (TPSA) is 37.8 Å². The van der Waals surface area contributed by atoms with Crippen molar-refractivity contribution in [2.24, 2.45) is 0 Å². The molecule has 1 N–H and O–H groups in total. The van der Waals surface area contributed by atoms with E-state index >= 15 is 0 Å². The van der Waals surface area contributed by atoms with E-state index in [1.165, 1.54) is 6.42 Å². The van der Waals surface area contributed by atoms with E-state index in [4.69, 9.17) is 0 Å². The molecular formula is C10H14F3N3S2. The zero-order valence-corrected chi connectivity index (χ0v) is 11.5. The normalized spacial score (nSPS) is 25.1. The van der Waals surface area contributed by atoms with Crippen LogP contribution in [-0.2, 0) is 6.18 Å². The van der Waals surface area contributed by atoms with Crippen molar-refractivity contribution in [2.45, 2.75) is 43.2 Å². The van der Waals surface area contributed by atoms with Gasteiger partial charge in [-0.25, -0.2) is 0 Å². The van der Waals surface area contributed by atoms with E-state index in [2.05, 4.69) is 21.8 Å². The van der Waals surface area contributed by atoms with Gasteiger partial charge in [-0.3, -0.25) is 0 Å². The van der Waals surface area contributed by atoms with E-state index in [-0.39, 0.29) is 11.2 Å². The number of aromatic nitrogens is 2. The molecule has 18 heavy (non-hydrogen) atoms. The lowest BCUT2D eigenvalue weighted by Gasteiger charge is -2.28. The highest BCUT2D eigenvalue weighted by molar-refractivity contribution is 7.99. The SMILES string of the molecule is CSC1CCCC(Nc2nnc(C(F)(F)F)s2)C1. The number of thioether (sulfide) groups is 1. The van der Waals surface area contributed by atoms with Gasteiger partial charge in [-0.15, -0.1) is 10.2 Å². The van der Waals surface area contributed by atoms with Gasteiger partial charge in [-0.1, -0.05) is 17.8 Å². The Morgan fingerprint density at radius 2 is 2.11 bits per heavy atom. The minimum absolute atomic E-state index is 0.213. The maximum atomic E-state index is 12.4. The summed E-state index contributed by atoms with van der Waals surface area (Å²) in [6.07, 6.45) is 1.92. The molecule has 1 saturated carbocycles. The second-order valence-electron chi connectivity index (χ2n) is 4.28. The van der Waals surface area contributed by atoms with E-state index in [0.29, 0.717) is 16.6 Å². The molecule has 2 rings (SSSR count). The van der Waals surface area contributed by atoms with Crippen LogP contribution in [0.15, 0.2) is 0 Å². The van der Waals surface area contributed by atoms with E-state index < -0.39 is 11.2 Å². The number of rotatable bonds is 3. The molecule has 0 aliphatic heterocycles. The zero-order chi connectivity index (χ0) is 13.2. The molecule has 0 bridgehead atoms. The lowest BCUT2D eigenvalue weighted by molar-refractivity contribution is -0.138. The molecule has 1 fully saturated rings. The lowest BCUT2D eigenvalue weighted by atomic mass is 9.95. The molecule has 2 atom stereocenters. The summed E-state index contributed by atoms with van der Waals surface area (Å²) >= 11 is 2.39. The molecule has 102 valence electrons. The lowest BCUT2D eigenvalue weighted by Crippen LogP contribution is -2.28. The highest BCUT2D eigenvalue weighted by Crippen LogP contribution is 2.34. The first-order chi connectivity index (χ1) is 8.49. The summed E-state index contributed by atoms with van der Waals surface area (Å²) in [5.41, 5.74) is 0. The molecular weight excluding hydrogens is 283 g/mol. The van der Waals surface area contributed by atoms with Gasteiger partial charge in [0.05, 0.1) is 0 Å². The molecule has 1 heterocycles. The van der Waals surface area contributed by atoms with Crippen LogP contribution in [0.25, 0.3) is 0 Å². The highest BCUT2D eigenvalue weighted by Gasteiger charge is 2.36. The molecule has 0 saturated heterocycles. The third-order valence-corrected chi connectivity index (χ3v) is 4.95. The molecule has 0 spiro atoms. The van der Waals surface area contributed by atoms with Crippen molar-refractivity contribution in [1.29, 1.82) is 0 Å². The van der Waals surface area contributed by atoms with E-state index in [9.17, 15) is 13.2 Å². The van der Waals surface area contributed by atoms with E-state index in [1.807, 2.05) is 11.8 Å². The quantitative estimate of drug-likeness (QED) is 0.924. The molecule has 8 heteroatoms. The van der Waals surface area contributed by atoms with Gasteiger partial charge in [0.1, 0.15) is 0 Å². The summed E-state index contributed by atoms with van der Waals surface area (Å²) in [4.78, 5) is 0. The molecule has 1 aliphatic rings. The molecule has 3 nitrogen and oxygen atoms in total. The van der Waals surface area contributed by atoms with Crippen molar-refractivity contribution < 1.29 is 13.2 Å². The Morgan fingerprint density at radius 3 is 2.72 bits per heavy atom. The van der Waals surface area contributed by atoms with Crippen molar-refractivity contribution in [3.63, 3.8) is 0 Å². The summed E-state index contributed by atoms with van der Waals surface area (Å²) in [5, 5.41) is 9.77. The number of anilines is 1. The van der Waals surface area contributed by atoms with Crippen LogP contribution in [0.5, 0.6) is 0 Å². The summed E-state index contributed by atoms with van der Waals surface area (Å²) in [5.74, 6) is 0. The molecule has 1 aliphatic carbocycles. The first-order valence-electron chi connectivity index (χ1n) is 5.69. The third-order valence-electron chi connectivity index (χ3n) is 2.95. The Morgan fingerprint density at radius 1 is 1.33 bits per heavy atom. The Labute approximate surface area is 112 Å². The van der Waals surface area contributed by atoms with Crippen molar-refractivity contribution in [3.05, 3.63) is 5.01 Å². The smallest absolute Gasteiger partial charge is 0.357 e. The van der Waals surface area contributed by atoms with Crippen LogP contribution in [0, 0.1) is 0 Å². The minimum atomic E-state index is -4.40. The van der Waals surface area contributed by atoms with E-state index in [0.717, 1.165) is 19.3 Å². The fraction of sp³-hybridized carbons (Fsp3) is 0.800. The zero-order valence-electron chi connectivity index (χ0n) is 9.83. The van der Waals surface area contributed by atoms with Crippen LogP contribution in [0.1, 0.15) is 30.7 Å². The van der Waals surface area contributed by atoms with Crippen LogP contribution in [0.4, 0.5) is 18.3 Å². The summed E-state index contributed by atoms with van der Waals surface area (Å²) in [6.45, 7) is 0. The number of alkyl halides is 3. The van der Waals surface area contributed by atoms with Crippen molar-refractivity contribution in [1.82, 2.24) is 10.2 Å². The van der Waals surface area contributed by atoms with Crippen molar-refractivity contribution in [2.75, 3.05) is 11.6 Å². The minimum Gasteiger partial charge on any atom is -0.357 e. The van der Waals surface area contributed by atoms with Gasteiger partial charge in [0, 0.05) is 11.3 Å². The average molecular weight is 297 g/mol. The van der Waals surface area contributed by atoms with Crippen LogP contribution >= 0.6 is 23.1 Å². The summed E-state index contributed by atoms with van der Waals surface area (Å²) in [6, 6.07) is 0.213. The summed E-state index contributed by atoms with van der Waals surface area (Å²) < 4.78 is 37.1. The Hall–Kier alpha value is -0.500. The van der Waals surface area contributed by atoms with Crippen LogP contribution < -0.4 is 5.32 Å². The van der Waals surface area contributed by atoms with Gasteiger partial charge in [-0.2, -0.15) is 24.9 Å². The number of nitrogens with one attached hydrogen (secondary N) is 1. The standard InChI is InChI=1S/C10H14F3N3S2/c1-17-7-4-2-3-6(5-7)14-9-16-15-8(18-9)10(11,12)13/h6-7H,2-5H2,1H3,(H,14,16). The first-order valence-corrected chi connectivity index (χ1v) is 7.79. The van der Waals surface area contributed by atoms with E-state index in [1.54, 1.807) is 0 Å². The second-order valence-corrected chi connectivity index (χ2v) is 6.39. The van der Waals surface area contributed by atoms with Crippen LogP contribution in [0.2, 0.25) is 0 Å². The van der Waals surface area contributed by atoms with Gasteiger partial charge in [0.15, 0.2) is 0 Å². The van der Waals surface area contributed by atoms with Crippen LogP contribution in [0.3, 0.4) is 0 Å². The molecule has 1 aromatic rings. The van der Waals surface area contributed by atoms with Gasteiger partial charge in [0.25, 0.3) is 0 Å². The van der Waals surface area contributed by atoms with Gasteiger partial charge < -0.3 is 5.32 Å². The Kier molecular flexibility index (Phi) is 4.37. The Balaban J connectivity index is 1.95. The number of halogens is 3. The third kappa shape index (κ3) is 3.50. The molecule has 0 aromatic carbocycles. The molecule has 1 aromatic heterocycles. The highest BCUT2D eigenvalue weighted by atomic mass is 32.2. The predicted molar refractivity (Wildman–Crippen MR) is 68.1 cm³/mol. The molecule has 0 amide bonds. The van der Waals surface area contributed by atoms with Gasteiger partial charge in [-0.05, 0) is 25.5 Å². The number of hydrogen-bond donors (Lipinski definition) is 1. The molecule has 0 radical (unpaired) electrons. The second kappa shape index (κ2) is 5.64. The summed E-state index contributed by atoms with van der Waals surface area (Å²) in [7, 11) is 0. The first kappa shape index (κ1) is 13.9. The Bertz CT molecular complexity index is 394. The monoisotopic (exact) mass is 297 g/mol. The fourth-order valence-electron chi connectivity index (χ4n) is 2.06. The fourth-order valence-corrected chi connectivity index (χ4v) is 3.58. The number of hydrogen-bond acceptors (Lipinski definition) is 5. The maximum Gasteiger partial charge on any atom is 0.445 e. The molecule has 2 unspecified atom stereocenters. The van der Waals surface area contributed by atoms with Crippen molar-refractivity contribution >= 4 is 28.2 Å². The van der Waals surface area contributed by atoms with Crippen LogP contribution in [-0.4, -0.2) is 27.7 Å². The van der Waals surface area contributed by atoms with Crippen molar-refractivity contribution in [3.8, 4) is 0 Å².